The number of ether oxygens (including phenoxy) is 5. The van der Waals surface area contributed by atoms with E-state index in [1.807, 2.05) is 0 Å². The van der Waals surface area contributed by atoms with Crippen LogP contribution in [0.1, 0.15) is 179 Å². The van der Waals surface area contributed by atoms with E-state index in [1.165, 1.54) is 34.6 Å². The number of unbranched alkanes of at least 4 members (excludes halogenated alkanes) is 9. The first-order chi connectivity index (χ1) is 36.2. The van der Waals surface area contributed by atoms with Crippen LogP contribution in [0.15, 0.2) is 12.7 Å². The highest BCUT2D eigenvalue weighted by molar-refractivity contribution is 5.82. The number of hydrogen-bond acceptors (Lipinski definition) is 18. The number of carbonyl (C=O) groups is 4. The van der Waals surface area contributed by atoms with Crippen LogP contribution < -0.4 is 11.5 Å². The number of terminal acetylenes is 2. The number of nitrogen functional groups attached to an aromatic ring is 2. The molecule has 7 heterocycles. The van der Waals surface area contributed by atoms with Gasteiger partial charge in [-0.2, -0.15) is 28.7 Å². The lowest BCUT2D eigenvalue weighted by molar-refractivity contribution is -0.167. The predicted octanol–water partition coefficient (Wildman–Crippen LogP) is 7.50. The number of carboxylic acid groups (broad SMARTS) is 1. The summed E-state index contributed by atoms with van der Waals surface area (Å²) in [6.45, 7) is -0.857. The molecule has 3 aliphatic heterocycles. The smallest absolute Gasteiger partial charge is 0.312 e. The Morgan fingerprint density at radius 1 is 0.693 bits per heavy atom. The fourth-order valence-corrected chi connectivity index (χ4v) is 9.57. The van der Waals surface area contributed by atoms with E-state index in [0.29, 0.717) is 6.42 Å². The fraction of sp³-hybridized carbons (Fsp3) is 0.654. The number of halogens is 2. The van der Waals surface area contributed by atoms with E-state index >= 15 is 0 Å². The number of anilines is 2. The van der Waals surface area contributed by atoms with Crippen LogP contribution in [0.25, 0.3) is 22.3 Å². The Labute approximate surface area is 434 Å². The lowest BCUT2D eigenvalue weighted by atomic mass is 9.98. The maximum Gasteiger partial charge on any atom is 0.312 e. The Morgan fingerprint density at radius 3 is 1.67 bits per heavy atom. The van der Waals surface area contributed by atoms with Crippen molar-refractivity contribution in [1.82, 2.24) is 39.0 Å². The average molecular weight is 1050 g/mol. The number of nitrogens with two attached hydrogens (primary N) is 2. The molecule has 7 rings (SSSR count). The number of carbonyl (C=O) groups excluding carboxylic acids is 3. The van der Waals surface area contributed by atoms with Crippen molar-refractivity contribution in [2.45, 2.75) is 203 Å². The monoisotopic (exact) mass is 1050 g/mol. The standard InChI is InChI=1S/C26H36FN5O6.C26H34FN5O5/c1-2-26(16-33)18(15-19(38-26)32-17-29-22-23(28)30-25(27)31-24(22)32)37-21(36)14-12-10-8-6-4-3-5-7-9-11-13-20(34)35;1-2-26-16-35-20(33)13-11-9-7-5-3-4-6-8-10-12-14-21(34)36-18(26)15-19(37-26)32-17-29-22-23(28)30-25(27)31-24(22)32/h1,17-19,33H,3-16H2,(H,34,35)(H2,28,30,31);1,17-19H,3-16H2,(H2,28,30,31)/t2*18-,19+,26+/m00/s1. The van der Waals surface area contributed by atoms with E-state index in [0.717, 1.165) is 109 Å². The van der Waals surface area contributed by atoms with Crippen LogP contribution in [0.5, 0.6) is 0 Å². The molecular formula is C52H70F2N10O11. The van der Waals surface area contributed by atoms with Crippen LogP contribution in [0, 0.1) is 36.8 Å². The number of aliphatic carboxylic acids is 1. The topological polar surface area (TPSA) is 294 Å². The lowest BCUT2D eigenvalue weighted by Crippen LogP contribution is -2.45. The first-order valence-corrected chi connectivity index (χ1v) is 26.2. The average Bonchev–Trinajstić information content (AvgIpc) is 4.17. The molecule has 0 aromatic carbocycles. The largest absolute Gasteiger partial charge is 0.481 e. The molecule has 0 aliphatic carbocycles. The van der Waals surface area contributed by atoms with Gasteiger partial charge in [0, 0.05) is 38.5 Å². The number of fused-ring (bicyclic) bond motifs is 3. The van der Waals surface area contributed by atoms with Crippen molar-refractivity contribution in [2.75, 3.05) is 24.7 Å². The van der Waals surface area contributed by atoms with Gasteiger partial charge in [-0.05, 0) is 25.7 Å². The molecule has 4 aromatic rings. The molecule has 75 heavy (non-hydrogen) atoms. The Kier molecular flexibility index (Phi) is 21.8. The molecule has 6 atom stereocenters. The van der Waals surface area contributed by atoms with E-state index in [9.17, 15) is 33.1 Å². The van der Waals surface area contributed by atoms with E-state index < -0.39 is 72.5 Å². The van der Waals surface area contributed by atoms with Crippen molar-refractivity contribution in [3.63, 3.8) is 0 Å². The number of nitrogens with zero attached hydrogens (tertiary/aromatic N) is 8. The van der Waals surface area contributed by atoms with Gasteiger partial charge in [-0.1, -0.05) is 115 Å². The Balaban J connectivity index is 0.000000244. The van der Waals surface area contributed by atoms with Crippen molar-refractivity contribution in [3.05, 3.63) is 24.8 Å². The minimum atomic E-state index is -1.55. The molecule has 0 saturated carbocycles. The molecule has 0 radical (unpaired) electrons. The molecule has 3 aliphatic rings. The summed E-state index contributed by atoms with van der Waals surface area (Å²) in [6.07, 6.45) is 30.1. The molecule has 21 nitrogen and oxygen atoms in total. The normalized spacial score (nSPS) is 24.1. The van der Waals surface area contributed by atoms with Crippen molar-refractivity contribution in [2.24, 2.45) is 0 Å². The van der Waals surface area contributed by atoms with Crippen LogP contribution in [0.2, 0.25) is 0 Å². The number of aromatic nitrogens is 8. The summed E-state index contributed by atoms with van der Waals surface area (Å²) in [4.78, 5) is 71.0. The van der Waals surface area contributed by atoms with Gasteiger partial charge in [-0.15, -0.1) is 12.8 Å². The van der Waals surface area contributed by atoms with Gasteiger partial charge in [0.05, 0.1) is 19.3 Å². The maximum atomic E-state index is 13.9. The van der Waals surface area contributed by atoms with E-state index in [2.05, 4.69) is 41.7 Å². The van der Waals surface area contributed by atoms with Gasteiger partial charge < -0.3 is 45.4 Å². The first-order valence-electron chi connectivity index (χ1n) is 26.2. The summed E-state index contributed by atoms with van der Waals surface area (Å²) >= 11 is 0. The molecular weight excluding hydrogens is 979 g/mol. The Morgan fingerprint density at radius 2 is 1.17 bits per heavy atom. The number of esters is 3. The molecule has 0 unspecified atom stereocenters. The van der Waals surface area contributed by atoms with Crippen molar-refractivity contribution >= 4 is 57.8 Å². The molecule has 0 spiro atoms. The minimum absolute atomic E-state index is 0.106. The Bertz CT molecular complexity index is 2640. The van der Waals surface area contributed by atoms with Gasteiger partial charge in [0.2, 0.25) is 5.60 Å². The van der Waals surface area contributed by atoms with E-state index in [-0.39, 0.29) is 85.1 Å². The zero-order chi connectivity index (χ0) is 53.8. The maximum absolute atomic E-state index is 13.9. The van der Waals surface area contributed by atoms with Gasteiger partial charge in [0.15, 0.2) is 39.6 Å². The molecule has 23 heteroatoms. The minimum Gasteiger partial charge on any atom is -0.481 e. The molecule has 3 saturated heterocycles. The second kappa shape index (κ2) is 28.4. The first kappa shape index (κ1) is 57.7. The molecule has 0 amide bonds. The number of imidazole rings is 2. The van der Waals surface area contributed by atoms with E-state index in [4.69, 9.17) is 53.1 Å². The van der Waals surface area contributed by atoms with Crippen molar-refractivity contribution in [3.8, 4) is 24.7 Å². The second-order valence-electron chi connectivity index (χ2n) is 19.3. The molecule has 408 valence electrons. The number of carboxylic acids is 1. The number of cyclic esters (lactones) is 1. The highest BCUT2D eigenvalue weighted by Gasteiger charge is 2.53. The van der Waals surface area contributed by atoms with Gasteiger partial charge >= 0.3 is 36.0 Å². The van der Waals surface area contributed by atoms with Crippen LogP contribution in [-0.4, -0.2) is 110 Å². The van der Waals surface area contributed by atoms with E-state index in [1.54, 1.807) is 0 Å². The third kappa shape index (κ3) is 16.0. The third-order valence-corrected chi connectivity index (χ3v) is 13.8. The van der Waals surface area contributed by atoms with Crippen molar-refractivity contribution in [1.29, 1.82) is 0 Å². The van der Waals surface area contributed by atoms with Crippen molar-refractivity contribution < 1.29 is 61.9 Å². The lowest BCUT2D eigenvalue weighted by Gasteiger charge is -2.28. The highest BCUT2D eigenvalue weighted by Crippen LogP contribution is 2.42. The number of aliphatic hydroxyl groups excluding tert-OH is 1. The highest BCUT2D eigenvalue weighted by atomic mass is 19.1. The van der Waals surface area contributed by atoms with Crippen LogP contribution in [0.3, 0.4) is 0 Å². The Hall–Kier alpha value is -6.56. The predicted molar refractivity (Wildman–Crippen MR) is 268 cm³/mol. The summed E-state index contributed by atoms with van der Waals surface area (Å²) in [5.41, 5.74) is 9.06. The fourth-order valence-electron chi connectivity index (χ4n) is 9.57. The summed E-state index contributed by atoms with van der Waals surface area (Å²) < 4.78 is 59.6. The van der Waals surface area contributed by atoms with Gasteiger partial charge in [0.1, 0.15) is 31.3 Å². The van der Waals surface area contributed by atoms with Gasteiger partial charge in [-0.3, -0.25) is 28.3 Å². The summed E-state index contributed by atoms with van der Waals surface area (Å²) in [5.74, 6) is 2.81. The summed E-state index contributed by atoms with van der Waals surface area (Å²) in [5, 5.41) is 18.6. The quantitative estimate of drug-likeness (QED) is 0.0262. The second-order valence-corrected chi connectivity index (χ2v) is 19.3. The third-order valence-electron chi connectivity index (χ3n) is 13.8. The SMILES string of the molecule is C#C[C@@]12COC(=O)CCCCCCCCCCCCC(=O)O[C@H]1C[C@H](n1cnc3c(N)nc(F)nc31)O2.C#C[C@]1(CO)O[C@@H](n2cnc3c(N)nc(F)nc32)C[C@@H]1OC(=O)CCCCCCCCCCCCC(=O)O. The number of hydrogen-bond donors (Lipinski definition) is 4. The van der Waals surface area contributed by atoms with Crippen LogP contribution in [0.4, 0.5) is 20.4 Å². The molecule has 0 bridgehead atoms. The number of rotatable bonds is 17. The molecule has 6 N–H and O–H groups in total. The molecule has 3 fully saturated rings. The van der Waals surface area contributed by atoms with Crippen LogP contribution in [-0.2, 0) is 42.9 Å². The van der Waals surface area contributed by atoms with Gasteiger partial charge in [0.25, 0.3) is 0 Å². The molecule has 4 aromatic heterocycles. The zero-order valence-corrected chi connectivity index (χ0v) is 42.5. The number of aliphatic hydroxyl groups is 1. The zero-order valence-electron chi connectivity index (χ0n) is 42.5. The summed E-state index contributed by atoms with van der Waals surface area (Å²) in [7, 11) is 0. The van der Waals surface area contributed by atoms with Crippen LogP contribution >= 0.6 is 0 Å². The van der Waals surface area contributed by atoms with Gasteiger partial charge in [-0.25, -0.2) is 9.97 Å². The summed E-state index contributed by atoms with van der Waals surface area (Å²) in [6, 6.07) is 0.